The van der Waals surface area contributed by atoms with E-state index in [9.17, 15) is 0 Å². The molecule has 4 heteroatoms. The second-order valence-corrected chi connectivity index (χ2v) is 3.88. The molecule has 15 heavy (non-hydrogen) atoms. The van der Waals surface area contributed by atoms with Gasteiger partial charge < -0.3 is 10.2 Å². The van der Waals surface area contributed by atoms with Gasteiger partial charge in [0.2, 0.25) is 0 Å². The SMILES string of the molecule is c1cc2cn[nH]c2cc1N1CCNCC1. The first-order valence-corrected chi connectivity index (χ1v) is 5.32. The summed E-state index contributed by atoms with van der Waals surface area (Å²) in [6.07, 6.45) is 1.86. The number of aromatic nitrogens is 2. The molecule has 2 N–H and O–H groups in total. The van der Waals surface area contributed by atoms with E-state index in [1.165, 1.54) is 11.1 Å². The van der Waals surface area contributed by atoms with E-state index >= 15 is 0 Å². The van der Waals surface area contributed by atoms with Crippen LogP contribution in [0.4, 0.5) is 5.69 Å². The van der Waals surface area contributed by atoms with Crippen LogP contribution in [0, 0.1) is 0 Å². The highest BCUT2D eigenvalue weighted by atomic mass is 15.2. The zero-order chi connectivity index (χ0) is 10.1. The number of hydrogen-bond donors (Lipinski definition) is 2. The molecule has 4 nitrogen and oxygen atoms in total. The van der Waals surface area contributed by atoms with Crippen LogP contribution in [0.5, 0.6) is 0 Å². The summed E-state index contributed by atoms with van der Waals surface area (Å²) in [6, 6.07) is 6.47. The van der Waals surface area contributed by atoms with E-state index in [2.05, 4.69) is 38.6 Å². The highest BCUT2D eigenvalue weighted by Crippen LogP contribution is 2.20. The first-order chi connectivity index (χ1) is 7.43. The number of hydrogen-bond acceptors (Lipinski definition) is 3. The number of piperazine rings is 1. The maximum atomic E-state index is 4.03. The lowest BCUT2D eigenvalue weighted by molar-refractivity contribution is 0.589. The maximum Gasteiger partial charge on any atom is 0.0670 e. The Morgan fingerprint density at radius 1 is 1.20 bits per heavy atom. The van der Waals surface area contributed by atoms with Crippen LogP contribution in [0.15, 0.2) is 24.4 Å². The molecule has 2 aromatic rings. The monoisotopic (exact) mass is 202 g/mol. The lowest BCUT2D eigenvalue weighted by Gasteiger charge is -2.29. The molecule has 0 bridgehead atoms. The molecule has 0 saturated carbocycles. The van der Waals surface area contributed by atoms with Crippen LogP contribution < -0.4 is 10.2 Å². The highest BCUT2D eigenvalue weighted by molar-refractivity contribution is 5.81. The lowest BCUT2D eigenvalue weighted by Crippen LogP contribution is -2.43. The van der Waals surface area contributed by atoms with E-state index in [1.807, 2.05) is 6.20 Å². The van der Waals surface area contributed by atoms with E-state index in [0.29, 0.717) is 0 Å². The van der Waals surface area contributed by atoms with E-state index in [4.69, 9.17) is 0 Å². The number of nitrogens with one attached hydrogen (secondary N) is 2. The first-order valence-electron chi connectivity index (χ1n) is 5.32. The molecular weight excluding hydrogens is 188 g/mol. The molecule has 0 spiro atoms. The number of nitrogens with zero attached hydrogens (tertiary/aromatic N) is 2. The minimum absolute atomic E-state index is 1.07. The summed E-state index contributed by atoms with van der Waals surface area (Å²) in [5, 5.41) is 11.6. The lowest BCUT2D eigenvalue weighted by atomic mass is 10.2. The molecule has 0 aliphatic carbocycles. The molecule has 1 saturated heterocycles. The van der Waals surface area contributed by atoms with Crippen LogP contribution in [-0.2, 0) is 0 Å². The minimum atomic E-state index is 1.07. The fourth-order valence-corrected chi connectivity index (χ4v) is 2.04. The molecular formula is C11H14N4. The second kappa shape index (κ2) is 3.55. The zero-order valence-electron chi connectivity index (χ0n) is 8.53. The van der Waals surface area contributed by atoms with Crippen molar-refractivity contribution in [3.8, 4) is 0 Å². The Labute approximate surface area is 88.3 Å². The Morgan fingerprint density at radius 2 is 2.07 bits per heavy atom. The van der Waals surface area contributed by atoms with Crippen LogP contribution in [-0.4, -0.2) is 36.4 Å². The standard InChI is InChI=1S/C11H14N4/c1-2-10(15-5-3-12-4-6-15)7-11-9(1)8-13-14-11/h1-2,7-8,12H,3-6H2,(H,13,14). The van der Waals surface area contributed by atoms with E-state index in [0.717, 1.165) is 31.7 Å². The van der Waals surface area contributed by atoms with Gasteiger partial charge in [-0.05, 0) is 18.2 Å². The summed E-state index contributed by atoms with van der Waals surface area (Å²) in [6.45, 7) is 4.31. The number of anilines is 1. The van der Waals surface area contributed by atoms with Gasteiger partial charge in [0, 0.05) is 37.3 Å². The zero-order valence-corrected chi connectivity index (χ0v) is 8.53. The van der Waals surface area contributed by atoms with Crippen LogP contribution in [0.3, 0.4) is 0 Å². The number of benzene rings is 1. The number of aromatic amines is 1. The van der Waals surface area contributed by atoms with Gasteiger partial charge in [-0.2, -0.15) is 5.10 Å². The van der Waals surface area contributed by atoms with Gasteiger partial charge in [-0.15, -0.1) is 0 Å². The Balaban J connectivity index is 1.95. The van der Waals surface area contributed by atoms with Gasteiger partial charge in [-0.25, -0.2) is 0 Å². The van der Waals surface area contributed by atoms with Gasteiger partial charge in [-0.3, -0.25) is 5.10 Å². The van der Waals surface area contributed by atoms with Gasteiger partial charge in [-0.1, -0.05) is 0 Å². The van der Waals surface area contributed by atoms with Gasteiger partial charge in [0.25, 0.3) is 0 Å². The minimum Gasteiger partial charge on any atom is -0.369 e. The van der Waals surface area contributed by atoms with Gasteiger partial charge in [0.05, 0.1) is 11.7 Å². The Morgan fingerprint density at radius 3 is 2.93 bits per heavy atom. The van der Waals surface area contributed by atoms with Crippen molar-refractivity contribution in [3.05, 3.63) is 24.4 Å². The van der Waals surface area contributed by atoms with Crippen LogP contribution in [0.2, 0.25) is 0 Å². The molecule has 1 fully saturated rings. The average Bonchev–Trinajstić information content (AvgIpc) is 2.77. The Bertz CT molecular complexity index is 456. The second-order valence-electron chi connectivity index (χ2n) is 3.88. The molecule has 1 aromatic heterocycles. The van der Waals surface area contributed by atoms with Crippen LogP contribution in [0.25, 0.3) is 10.9 Å². The van der Waals surface area contributed by atoms with Crippen molar-refractivity contribution >= 4 is 16.6 Å². The molecule has 3 rings (SSSR count). The normalized spacial score (nSPS) is 17.2. The van der Waals surface area contributed by atoms with Crippen molar-refractivity contribution in [1.29, 1.82) is 0 Å². The predicted molar refractivity (Wildman–Crippen MR) is 61.2 cm³/mol. The van der Waals surface area contributed by atoms with Gasteiger partial charge in [0.1, 0.15) is 0 Å². The Hall–Kier alpha value is -1.55. The predicted octanol–water partition coefficient (Wildman–Crippen LogP) is 0.972. The van der Waals surface area contributed by atoms with Crippen molar-refractivity contribution in [2.75, 3.05) is 31.1 Å². The average molecular weight is 202 g/mol. The van der Waals surface area contributed by atoms with E-state index in [1.54, 1.807) is 0 Å². The Kier molecular flexibility index (Phi) is 2.07. The largest absolute Gasteiger partial charge is 0.369 e. The molecule has 78 valence electrons. The first kappa shape index (κ1) is 8.73. The summed E-state index contributed by atoms with van der Waals surface area (Å²) in [5.41, 5.74) is 2.40. The quantitative estimate of drug-likeness (QED) is 0.724. The topological polar surface area (TPSA) is 44.0 Å². The van der Waals surface area contributed by atoms with Crippen LogP contribution in [0.1, 0.15) is 0 Å². The highest BCUT2D eigenvalue weighted by Gasteiger charge is 2.10. The summed E-state index contributed by atoms with van der Waals surface area (Å²) in [4.78, 5) is 2.40. The van der Waals surface area contributed by atoms with Gasteiger partial charge in [0.15, 0.2) is 0 Å². The third-order valence-corrected chi connectivity index (χ3v) is 2.91. The maximum absolute atomic E-state index is 4.03. The molecule has 1 aliphatic rings. The third-order valence-electron chi connectivity index (χ3n) is 2.91. The van der Waals surface area contributed by atoms with Gasteiger partial charge >= 0.3 is 0 Å². The fraction of sp³-hybridized carbons (Fsp3) is 0.364. The summed E-state index contributed by atoms with van der Waals surface area (Å²) >= 11 is 0. The molecule has 0 amide bonds. The smallest absolute Gasteiger partial charge is 0.0670 e. The van der Waals surface area contributed by atoms with E-state index < -0.39 is 0 Å². The van der Waals surface area contributed by atoms with Crippen molar-refractivity contribution in [2.24, 2.45) is 0 Å². The van der Waals surface area contributed by atoms with Crippen molar-refractivity contribution < 1.29 is 0 Å². The molecule has 1 aliphatic heterocycles. The molecule has 0 unspecified atom stereocenters. The summed E-state index contributed by atoms with van der Waals surface area (Å²) in [7, 11) is 0. The molecule has 0 radical (unpaired) electrons. The number of fused-ring (bicyclic) bond motifs is 1. The molecule has 2 heterocycles. The van der Waals surface area contributed by atoms with Crippen molar-refractivity contribution in [1.82, 2.24) is 15.5 Å². The van der Waals surface area contributed by atoms with E-state index in [-0.39, 0.29) is 0 Å². The summed E-state index contributed by atoms with van der Waals surface area (Å²) in [5.74, 6) is 0. The third kappa shape index (κ3) is 1.57. The number of H-pyrrole nitrogens is 1. The van der Waals surface area contributed by atoms with Crippen LogP contribution >= 0.6 is 0 Å². The summed E-state index contributed by atoms with van der Waals surface area (Å²) < 4.78 is 0. The fourth-order valence-electron chi connectivity index (χ4n) is 2.04. The molecule has 1 aromatic carbocycles. The number of rotatable bonds is 1. The molecule has 0 atom stereocenters. The van der Waals surface area contributed by atoms with Crippen molar-refractivity contribution in [3.63, 3.8) is 0 Å². The van der Waals surface area contributed by atoms with Crippen molar-refractivity contribution in [2.45, 2.75) is 0 Å².